The van der Waals surface area contributed by atoms with Gasteiger partial charge in [0.1, 0.15) is 18.3 Å². The van der Waals surface area contributed by atoms with Gasteiger partial charge in [0.25, 0.3) is 17.2 Å². The Morgan fingerprint density at radius 2 is 1.95 bits per heavy atom. The number of ether oxygens (including phenoxy) is 1. The zero-order valence-corrected chi connectivity index (χ0v) is 23.3. The van der Waals surface area contributed by atoms with Crippen molar-refractivity contribution in [3.05, 3.63) is 58.1 Å². The highest BCUT2D eigenvalue weighted by Crippen LogP contribution is 2.61. The van der Waals surface area contributed by atoms with Crippen LogP contribution in [0.4, 0.5) is 5.88 Å². The molecule has 11 N–H and O–H groups in total. The molecule has 7 rings (SSSR count). The second-order valence-electron chi connectivity index (χ2n) is 9.25. The smallest absolute Gasteiger partial charge is 0.500 e. The maximum Gasteiger partial charge on any atom is 0.663 e. The summed E-state index contributed by atoms with van der Waals surface area (Å²) in [7, 11) is -9.50. The maximum atomic E-state index is 12.1. The molecule has 4 aliphatic rings. The van der Waals surface area contributed by atoms with Gasteiger partial charge in [-0.1, -0.05) is 0 Å². The summed E-state index contributed by atoms with van der Waals surface area (Å²) in [6.45, 7) is -0.385. The third kappa shape index (κ3) is 4.82. The van der Waals surface area contributed by atoms with Crippen molar-refractivity contribution in [3.63, 3.8) is 0 Å². The molecule has 1 fully saturated rings. The second kappa shape index (κ2) is 9.86. The van der Waals surface area contributed by atoms with Crippen LogP contribution in [0.25, 0.3) is 17.0 Å². The van der Waals surface area contributed by atoms with Gasteiger partial charge in [-0.2, -0.15) is 19.6 Å². The van der Waals surface area contributed by atoms with Gasteiger partial charge in [0.15, 0.2) is 35.6 Å². The van der Waals surface area contributed by atoms with E-state index in [4.69, 9.17) is 33.0 Å². The lowest BCUT2D eigenvalue weighted by Gasteiger charge is -2.28. The van der Waals surface area contributed by atoms with E-state index in [9.17, 15) is 29.5 Å². The third-order valence-electron chi connectivity index (χ3n) is 6.53. The fraction of sp³-hybridized carbons (Fsp3) is 0.250. The first-order chi connectivity index (χ1) is 20.5. The highest BCUT2D eigenvalue weighted by Gasteiger charge is 2.51. The molecule has 0 spiro atoms. The normalized spacial score (nSPS) is 24.0. The molecule has 1 unspecified atom stereocenters. The average molecular weight is 643 g/mol. The first-order valence-corrected chi connectivity index (χ1v) is 15.3. The Balaban J connectivity index is 1.25. The van der Waals surface area contributed by atoms with Crippen LogP contribution >= 0.6 is 16.3 Å². The van der Waals surface area contributed by atoms with E-state index >= 15 is 0 Å². The van der Waals surface area contributed by atoms with Crippen LogP contribution < -0.4 is 36.7 Å². The number of furan rings is 1. The molecule has 21 nitrogen and oxygen atoms in total. The number of nitrogens with zero attached hydrogens (tertiary/aromatic N) is 4. The van der Waals surface area contributed by atoms with Gasteiger partial charge in [-0.05, 0) is 0 Å². The largest absolute Gasteiger partial charge is 0.663 e. The molecule has 23 heteroatoms. The molecule has 43 heavy (non-hydrogen) atoms. The van der Waals surface area contributed by atoms with E-state index in [-0.39, 0.29) is 53.3 Å². The van der Waals surface area contributed by atoms with Crippen LogP contribution in [0.3, 0.4) is 0 Å². The number of aromatic nitrogens is 4. The molecule has 7 heterocycles. The summed E-state index contributed by atoms with van der Waals surface area (Å²) in [6, 6.07) is 0. The number of imidazole rings is 1. The molecule has 1 saturated heterocycles. The van der Waals surface area contributed by atoms with Crippen LogP contribution in [-0.2, 0) is 24.9 Å². The second-order valence-corrected chi connectivity index (χ2v) is 12.0. The molecular weight excluding hydrogens is 620 g/mol. The van der Waals surface area contributed by atoms with Crippen LogP contribution in [0, 0.1) is 0 Å². The Bertz CT molecular complexity index is 1780. The summed E-state index contributed by atoms with van der Waals surface area (Å²) in [5, 5.41) is 20.1. The van der Waals surface area contributed by atoms with E-state index in [2.05, 4.69) is 30.9 Å². The molecule has 4 aliphatic heterocycles. The molecule has 0 aromatic carbocycles. The van der Waals surface area contributed by atoms with E-state index in [1.165, 1.54) is 15.8 Å². The lowest BCUT2D eigenvalue weighted by atomic mass is 10.3. The fourth-order valence-electron chi connectivity index (χ4n) is 4.67. The lowest BCUT2D eigenvalue weighted by Crippen LogP contribution is -2.51. The number of fused-ring (bicyclic) bond motifs is 5. The third-order valence-corrected chi connectivity index (χ3v) is 8.25. The van der Waals surface area contributed by atoms with Gasteiger partial charge in [0, 0.05) is 0 Å². The molecule has 2 bridgehead atoms. The number of aromatic hydroxyl groups is 1. The molecule has 3 aromatic rings. The van der Waals surface area contributed by atoms with Crippen LogP contribution in [0.5, 0.6) is 11.5 Å². The number of anilines is 1. The highest BCUT2D eigenvalue weighted by molar-refractivity contribution is 7.55. The summed E-state index contributed by atoms with van der Waals surface area (Å²) in [5.74, 6) is -1.98. The number of rotatable bonds is 2. The highest BCUT2D eigenvalue weighted by atomic mass is 31.2. The number of hydrogen-bond donors (Lipinski definition) is 10. The van der Waals surface area contributed by atoms with Crippen molar-refractivity contribution in [1.82, 2.24) is 35.5 Å². The molecule has 0 amide bonds. The fourth-order valence-corrected chi connectivity index (χ4v) is 6.16. The number of aromatic amines is 1. The Hall–Kier alpha value is -4.33. The van der Waals surface area contributed by atoms with Crippen molar-refractivity contribution in [3.8, 4) is 11.5 Å². The number of H-pyrrole nitrogens is 1. The minimum Gasteiger partial charge on any atom is -0.500 e. The van der Waals surface area contributed by atoms with Crippen molar-refractivity contribution >= 4 is 39.3 Å². The predicted molar refractivity (Wildman–Crippen MR) is 142 cm³/mol. The average Bonchev–Trinajstić information content (AvgIpc) is 3.72. The molecular formula is C20H23N9O12P2+2. The van der Waals surface area contributed by atoms with Gasteiger partial charge in [-0.15, -0.1) is 4.52 Å². The summed E-state index contributed by atoms with van der Waals surface area (Å²) >= 11 is 0. The van der Waals surface area contributed by atoms with Crippen LogP contribution in [-0.4, -0.2) is 63.7 Å². The molecule has 0 aliphatic carbocycles. The zero-order valence-electron chi connectivity index (χ0n) is 21.5. The number of hydrogen-bond acceptors (Lipinski definition) is 19. The molecule has 228 valence electrons. The van der Waals surface area contributed by atoms with E-state index in [1.807, 2.05) is 0 Å². The van der Waals surface area contributed by atoms with Gasteiger partial charge >= 0.3 is 16.3 Å². The minimum atomic E-state index is -4.78. The molecule has 0 saturated carbocycles. The van der Waals surface area contributed by atoms with Crippen LogP contribution in [0.1, 0.15) is 12.2 Å². The van der Waals surface area contributed by atoms with Crippen molar-refractivity contribution < 1.29 is 51.9 Å². The van der Waals surface area contributed by atoms with E-state index in [0.29, 0.717) is 18.2 Å². The summed E-state index contributed by atoms with van der Waals surface area (Å²) in [5.41, 5.74) is 6.02. The van der Waals surface area contributed by atoms with Crippen LogP contribution in [0.15, 0.2) is 51.2 Å². The summed E-state index contributed by atoms with van der Waals surface area (Å²) < 4.78 is 33.7. The Morgan fingerprint density at radius 1 is 1.12 bits per heavy atom. The van der Waals surface area contributed by atoms with E-state index in [0.717, 1.165) is 12.6 Å². The standard InChI is InChI=1S/C20H21N9O12P2/c21-15-11-16(23-4-22-15)29(6-26-11)20-13(30)14-10(39-20)3-37-42(32,33)40-9-1-8(2-36-43(34,35)41-14)38-19(9)28-7-27-12-17(28)24-5-25-18(12)31/h2,5,7,16,22-23,26,32-35H,1,3-4,6,21H2/p+2/b8-2+. The monoisotopic (exact) mass is 643 g/mol. The van der Waals surface area contributed by atoms with Gasteiger partial charge in [-0.25, -0.2) is 19.1 Å². The topological polar surface area (TPSA) is 289 Å². The molecule has 1 atom stereocenters. The van der Waals surface area contributed by atoms with Crippen LogP contribution in [0.2, 0.25) is 0 Å². The lowest BCUT2D eigenvalue weighted by molar-refractivity contribution is 0.125. The Labute approximate surface area is 239 Å². The Kier molecular flexibility index (Phi) is 6.31. The Morgan fingerprint density at radius 3 is 2.79 bits per heavy atom. The number of nitrogens with two attached hydrogens (primary N) is 1. The van der Waals surface area contributed by atoms with Gasteiger partial charge in [0.2, 0.25) is 17.4 Å². The van der Waals surface area contributed by atoms with E-state index < -0.39 is 46.2 Å². The first kappa shape index (κ1) is 27.5. The summed E-state index contributed by atoms with van der Waals surface area (Å²) in [6.07, 6.45) is 2.26. The van der Waals surface area contributed by atoms with Gasteiger partial charge < -0.3 is 40.5 Å². The predicted octanol–water partition coefficient (Wildman–Crippen LogP) is -1.26. The van der Waals surface area contributed by atoms with Crippen molar-refractivity contribution in [1.29, 1.82) is 0 Å². The quantitative estimate of drug-likeness (QED) is 0.146. The maximum absolute atomic E-state index is 12.1. The van der Waals surface area contributed by atoms with Crippen molar-refractivity contribution in [2.75, 3.05) is 18.2 Å². The van der Waals surface area contributed by atoms with Crippen molar-refractivity contribution in [2.24, 2.45) is 5.73 Å². The molecule has 3 aromatic heterocycles. The van der Waals surface area contributed by atoms with Gasteiger partial charge in [0.05, 0.1) is 31.8 Å². The van der Waals surface area contributed by atoms with Crippen molar-refractivity contribution in [2.45, 2.75) is 19.2 Å². The number of nitrogens with one attached hydrogen (secondary N) is 4. The SMILES string of the molecule is NC1=C2NCN(c3oc4c(c3O)O[P+](O)(O)O/C=C3\CC(=C(n5cnc6c(=O)[nH]cnc65)O3)O[P+](O)(O)OC4)C2NCN1. The van der Waals surface area contributed by atoms with E-state index in [1.54, 1.807) is 0 Å². The zero-order chi connectivity index (χ0) is 30.1. The summed E-state index contributed by atoms with van der Waals surface area (Å²) in [4.78, 5) is 66.7. The first-order valence-electron chi connectivity index (χ1n) is 12.2. The van der Waals surface area contributed by atoms with Gasteiger partial charge in [-0.3, -0.25) is 19.2 Å². The minimum absolute atomic E-state index is 0.0426. The molecule has 0 radical (unpaired) electrons.